The number of piperazine rings is 1. The number of aromatic nitrogens is 2. The van der Waals surface area contributed by atoms with Crippen LogP contribution in [0.4, 0.5) is 36.3 Å². The van der Waals surface area contributed by atoms with Crippen LogP contribution in [0.15, 0.2) is 30.5 Å². The zero-order valence-corrected chi connectivity index (χ0v) is 23.1. The molecule has 37 heavy (non-hydrogen) atoms. The quantitative estimate of drug-likeness (QED) is 0.378. The first-order chi connectivity index (χ1) is 17.2. The number of nitrogens with one attached hydrogen (secondary N) is 2. The van der Waals surface area contributed by atoms with Crippen molar-refractivity contribution in [1.82, 2.24) is 19.8 Å². The number of hydrogen-bond acceptors (Lipinski definition) is 7. The summed E-state index contributed by atoms with van der Waals surface area (Å²) >= 11 is 6.39. The van der Waals surface area contributed by atoms with Crippen LogP contribution in [0.25, 0.3) is 0 Å². The van der Waals surface area contributed by atoms with Crippen molar-refractivity contribution in [3.63, 3.8) is 0 Å². The highest BCUT2D eigenvalue weighted by Gasteiger charge is 2.44. The molecule has 11 heteroatoms. The lowest BCUT2D eigenvalue weighted by Crippen LogP contribution is -2.61. The molecule has 1 aromatic carbocycles. The van der Waals surface area contributed by atoms with Gasteiger partial charge in [-0.2, -0.15) is 18.2 Å². The number of nitrogens with zero attached hydrogens (tertiary/aromatic N) is 5. The minimum Gasteiger partial charge on any atom is -0.367 e. The minimum atomic E-state index is -4.57. The molecule has 2 aliphatic rings. The van der Waals surface area contributed by atoms with Gasteiger partial charge in [0.2, 0.25) is 5.95 Å². The van der Waals surface area contributed by atoms with Crippen LogP contribution in [-0.2, 0) is 6.18 Å². The largest absolute Gasteiger partial charge is 0.421 e. The highest BCUT2D eigenvalue weighted by Crippen LogP contribution is 2.40. The molecule has 2 fully saturated rings. The maximum absolute atomic E-state index is 13.8. The number of anilines is 4. The number of alkyl halides is 4. The summed E-state index contributed by atoms with van der Waals surface area (Å²) in [4.78, 5) is 14.8. The van der Waals surface area contributed by atoms with E-state index in [2.05, 4.69) is 70.0 Å². The fourth-order valence-corrected chi connectivity index (χ4v) is 5.64. The number of benzene rings is 1. The molecular weight excluding hydrogens is 503 g/mol. The van der Waals surface area contributed by atoms with Crippen LogP contribution >= 0.6 is 11.6 Å². The second kappa shape index (κ2) is 10.1. The van der Waals surface area contributed by atoms with Crippen LogP contribution in [-0.4, -0.2) is 76.1 Å². The van der Waals surface area contributed by atoms with E-state index < -0.39 is 11.7 Å². The normalized spacial score (nSPS) is 23.2. The van der Waals surface area contributed by atoms with Gasteiger partial charge in [-0.3, -0.25) is 9.80 Å². The molecule has 0 aliphatic carbocycles. The van der Waals surface area contributed by atoms with Gasteiger partial charge >= 0.3 is 6.18 Å². The van der Waals surface area contributed by atoms with Crippen molar-refractivity contribution in [3.05, 3.63) is 36.0 Å². The van der Waals surface area contributed by atoms with Gasteiger partial charge in [0.15, 0.2) is 0 Å². The van der Waals surface area contributed by atoms with Gasteiger partial charge in [0.25, 0.3) is 0 Å². The van der Waals surface area contributed by atoms with E-state index in [9.17, 15) is 13.2 Å². The zero-order valence-electron chi connectivity index (χ0n) is 22.3. The molecule has 1 aromatic heterocycles. The second-order valence-electron chi connectivity index (χ2n) is 11.4. The van der Waals surface area contributed by atoms with Crippen molar-refractivity contribution >= 4 is 34.7 Å². The maximum Gasteiger partial charge on any atom is 0.421 e. The Morgan fingerprint density at radius 2 is 1.62 bits per heavy atom. The summed E-state index contributed by atoms with van der Waals surface area (Å²) in [7, 11) is 4.07. The van der Waals surface area contributed by atoms with Crippen molar-refractivity contribution in [1.29, 1.82) is 0 Å². The van der Waals surface area contributed by atoms with Crippen LogP contribution in [0.3, 0.4) is 0 Å². The van der Waals surface area contributed by atoms with Crippen molar-refractivity contribution in [3.8, 4) is 0 Å². The molecule has 2 aliphatic heterocycles. The van der Waals surface area contributed by atoms with Crippen LogP contribution in [0.2, 0.25) is 0 Å². The Hall–Kier alpha value is -2.30. The Morgan fingerprint density at radius 3 is 2.19 bits per heavy atom. The van der Waals surface area contributed by atoms with E-state index in [1.165, 1.54) is 0 Å². The van der Waals surface area contributed by atoms with Gasteiger partial charge in [0, 0.05) is 54.3 Å². The molecule has 2 N–H and O–H groups in total. The monoisotopic (exact) mass is 539 g/mol. The molecule has 0 amide bonds. The average Bonchev–Trinajstić information content (AvgIpc) is 2.79. The van der Waals surface area contributed by atoms with Crippen molar-refractivity contribution in [2.45, 2.75) is 69.3 Å². The molecule has 1 atom stereocenters. The lowest BCUT2D eigenvalue weighted by Gasteiger charge is -2.53. The predicted octanol–water partition coefficient (Wildman–Crippen LogP) is 5.62. The number of likely N-dealkylation sites (tertiary alicyclic amines) is 1. The third-order valence-corrected chi connectivity index (χ3v) is 8.27. The second-order valence-corrected chi connectivity index (χ2v) is 11.9. The first-order valence-corrected chi connectivity index (χ1v) is 13.0. The molecule has 7 nitrogen and oxygen atoms in total. The number of likely N-dealkylation sites (N-methyl/N-ethyl adjacent to an activating group) is 1. The van der Waals surface area contributed by atoms with E-state index in [0.717, 1.165) is 25.0 Å². The predicted molar refractivity (Wildman–Crippen MR) is 144 cm³/mol. The van der Waals surface area contributed by atoms with E-state index in [-0.39, 0.29) is 34.4 Å². The Labute approximate surface area is 222 Å². The van der Waals surface area contributed by atoms with Gasteiger partial charge in [0.1, 0.15) is 16.9 Å². The molecule has 2 saturated heterocycles. The summed E-state index contributed by atoms with van der Waals surface area (Å²) in [6.07, 6.45) is -2.34. The standard InChI is InChI=1S/C26H37ClF3N7/c1-24(2)13-18(14-25(3,4)36(24)6)32-22-20(26(28,29)30)15-31-23(34-22)33-17-7-9-19(10-8-17)37-12-11-35(5)21(27)16-37/h7-10,15,18,21H,11-14,16H2,1-6H3,(H2,31,32,33,34). The Kier molecular flexibility index (Phi) is 7.58. The molecule has 0 radical (unpaired) electrons. The summed E-state index contributed by atoms with van der Waals surface area (Å²) < 4.78 is 41.5. The van der Waals surface area contributed by atoms with Gasteiger partial charge in [-0.1, -0.05) is 0 Å². The first kappa shape index (κ1) is 27.7. The summed E-state index contributed by atoms with van der Waals surface area (Å²) in [5.74, 6) is -0.0940. The topological polar surface area (TPSA) is 59.6 Å². The number of rotatable bonds is 5. The highest BCUT2D eigenvalue weighted by atomic mass is 35.5. The fourth-order valence-electron chi connectivity index (χ4n) is 5.38. The van der Waals surface area contributed by atoms with Gasteiger partial charge in [-0.15, -0.1) is 11.6 Å². The van der Waals surface area contributed by atoms with Crippen molar-refractivity contribution < 1.29 is 13.2 Å². The lowest BCUT2D eigenvalue weighted by molar-refractivity contribution is -0.137. The number of hydrogen-bond donors (Lipinski definition) is 2. The fraction of sp³-hybridized carbons (Fsp3) is 0.615. The van der Waals surface area contributed by atoms with Crippen LogP contribution in [0, 0.1) is 0 Å². The molecule has 1 unspecified atom stereocenters. The summed E-state index contributed by atoms with van der Waals surface area (Å²) in [6.45, 7) is 10.9. The molecule has 0 saturated carbocycles. The first-order valence-electron chi connectivity index (χ1n) is 12.6. The SMILES string of the molecule is CN1CCN(c2ccc(Nc3ncc(C(F)(F)F)c(NC4CC(C)(C)N(C)C(C)(C)C4)n3)cc2)CC1Cl. The summed E-state index contributed by atoms with van der Waals surface area (Å²) in [5, 5.41) is 6.17. The number of halogens is 4. The Morgan fingerprint density at radius 1 is 1.00 bits per heavy atom. The molecule has 3 heterocycles. The molecule has 2 aromatic rings. The average molecular weight is 540 g/mol. The third-order valence-electron chi connectivity index (χ3n) is 7.80. The molecule has 4 rings (SSSR count). The minimum absolute atomic E-state index is 0.0567. The van der Waals surface area contributed by atoms with E-state index in [0.29, 0.717) is 25.1 Å². The molecule has 204 valence electrons. The van der Waals surface area contributed by atoms with E-state index in [1.807, 2.05) is 31.3 Å². The smallest absolute Gasteiger partial charge is 0.367 e. The molecule has 0 spiro atoms. The van der Waals surface area contributed by atoms with Gasteiger partial charge < -0.3 is 15.5 Å². The lowest BCUT2D eigenvalue weighted by atomic mass is 9.77. The maximum atomic E-state index is 13.8. The van der Waals surface area contributed by atoms with Gasteiger partial charge in [0.05, 0.1) is 0 Å². The van der Waals surface area contributed by atoms with E-state index in [4.69, 9.17) is 11.6 Å². The Balaban J connectivity index is 1.52. The van der Waals surface area contributed by atoms with E-state index >= 15 is 0 Å². The molecule has 0 bridgehead atoms. The summed E-state index contributed by atoms with van der Waals surface area (Å²) in [6, 6.07) is 7.49. The Bertz CT molecular complexity index is 1070. The van der Waals surface area contributed by atoms with Crippen LogP contribution < -0.4 is 15.5 Å². The number of piperidine rings is 1. The third kappa shape index (κ3) is 6.23. The van der Waals surface area contributed by atoms with Gasteiger partial charge in [-0.05, 0) is 78.9 Å². The highest BCUT2D eigenvalue weighted by molar-refractivity contribution is 6.20. The van der Waals surface area contributed by atoms with Crippen LogP contribution in [0.1, 0.15) is 46.1 Å². The summed E-state index contributed by atoms with van der Waals surface area (Å²) in [5.41, 5.74) is 0.439. The van der Waals surface area contributed by atoms with Crippen LogP contribution in [0.5, 0.6) is 0 Å². The van der Waals surface area contributed by atoms with Gasteiger partial charge in [-0.25, -0.2) is 4.98 Å². The van der Waals surface area contributed by atoms with Crippen molar-refractivity contribution in [2.24, 2.45) is 0 Å². The van der Waals surface area contributed by atoms with E-state index in [1.54, 1.807) is 0 Å². The van der Waals surface area contributed by atoms with Crippen molar-refractivity contribution in [2.75, 3.05) is 49.3 Å². The molecular formula is C26H37ClF3N7. The zero-order chi connectivity index (χ0) is 27.2.